The smallest absolute Gasteiger partial charge is 0.246 e. The maximum Gasteiger partial charge on any atom is 0.246 e. The Morgan fingerprint density at radius 1 is 1.56 bits per heavy atom. The van der Waals surface area contributed by atoms with E-state index < -0.39 is 16.1 Å². The number of anilines is 1. The number of hydrogen-bond donors (Lipinski definition) is 4. The predicted molar refractivity (Wildman–Crippen MR) is 64.9 cm³/mol. The molecule has 2 aromatic rings. The number of rotatable bonds is 5. The Kier molecular flexibility index (Phi) is 3.34. The molecule has 98 valence electrons. The normalized spacial score (nSPS) is 13.6. The zero-order chi connectivity index (χ0) is 13.2. The Morgan fingerprint density at radius 3 is 2.83 bits per heavy atom. The van der Waals surface area contributed by atoms with Crippen LogP contribution < -0.4 is 10.5 Å². The van der Waals surface area contributed by atoms with Gasteiger partial charge in [0.1, 0.15) is 16.5 Å². The fourth-order valence-corrected chi connectivity index (χ4v) is 2.86. The number of sulfonamides is 1. The van der Waals surface area contributed by atoms with E-state index in [-0.39, 0.29) is 10.7 Å². The summed E-state index contributed by atoms with van der Waals surface area (Å²) in [6.45, 7) is 1.86. The Morgan fingerprint density at radius 2 is 2.33 bits per heavy atom. The first-order chi connectivity index (χ1) is 8.54. The van der Waals surface area contributed by atoms with Crippen LogP contribution in [0.2, 0.25) is 0 Å². The van der Waals surface area contributed by atoms with E-state index in [9.17, 15) is 8.42 Å². The minimum Gasteiger partial charge on any atom is -0.383 e. The minimum absolute atomic E-state index is 0.0109. The van der Waals surface area contributed by atoms with E-state index in [1.165, 1.54) is 6.20 Å². The van der Waals surface area contributed by atoms with Crippen molar-refractivity contribution < 1.29 is 8.42 Å². The van der Waals surface area contributed by atoms with Gasteiger partial charge in [0.25, 0.3) is 0 Å². The molecule has 1 unspecified atom stereocenters. The van der Waals surface area contributed by atoms with Crippen LogP contribution in [-0.4, -0.2) is 28.6 Å². The van der Waals surface area contributed by atoms with Crippen molar-refractivity contribution in [2.45, 2.75) is 24.3 Å². The van der Waals surface area contributed by atoms with Gasteiger partial charge in [-0.25, -0.2) is 18.1 Å². The van der Waals surface area contributed by atoms with Crippen LogP contribution in [0.5, 0.6) is 0 Å². The molecule has 1 atom stereocenters. The minimum atomic E-state index is -3.71. The van der Waals surface area contributed by atoms with Crippen molar-refractivity contribution in [1.82, 2.24) is 24.9 Å². The van der Waals surface area contributed by atoms with E-state index in [2.05, 4.69) is 24.9 Å². The summed E-state index contributed by atoms with van der Waals surface area (Å²) >= 11 is 0. The molecule has 2 heterocycles. The SMILES string of the molecule is CCC(NS(=O)(=O)c1cn[nH]c1N)c1ncc[nH]1. The molecule has 2 rings (SSSR count). The molecule has 0 aliphatic carbocycles. The van der Waals surface area contributed by atoms with E-state index in [0.29, 0.717) is 12.2 Å². The largest absolute Gasteiger partial charge is 0.383 e. The maximum atomic E-state index is 12.1. The maximum absolute atomic E-state index is 12.1. The zero-order valence-corrected chi connectivity index (χ0v) is 10.5. The van der Waals surface area contributed by atoms with Crippen molar-refractivity contribution in [2.75, 3.05) is 5.73 Å². The monoisotopic (exact) mass is 270 g/mol. The second kappa shape index (κ2) is 4.78. The number of imidazole rings is 1. The summed E-state index contributed by atoms with van der Waals surface area (Å²) in [5.41, 5.74) is 5.50. The number of aromatic amines is 2. The summed E-state index contributed by atoms with van der Waals surface area (Å²) in [7, 11) is -3.71. The Bertz CT molecular complexity index is 603. The van der Waals surface area contributed by atoms with Crippen LogP contribution in [0.4, 0.5) is 5.82 Å². The van der Waals surface area contributed by atoms with Gasteiger partial charge in [0.2, 0.25) is 10.0 Å². The van der Waals surface area contributed by atoms with Crippen molar-refractivity contribution >= 4 is 15.8 Å². The van der Waals surface area contributed by atoms with Crippen molar-refractivity contribution in [3.8, 4) is 0 Å². The lowest BCUT2D eigenvalue weighted by Crippen LogP contribution is -2.29. The molecule has 0 spiro atoms. The van der Waals surface area contributed by atoms with Gasteiger partial charge in [0.05, 0.1) is 12.2 Å². The van der Waals surface area contributed by atoms with Gasteiger partial charge in [-0.05, 0) is 6.42 Å². The molecule has 0 aliphatic rings. The van der Waals surface area contributed by atoms with Crippen LogP contribution in [0.1, 0.15) is 25.2 Å². The Labute approximate surface area is 104 Å². The summed E-state index contributed by atoms with van der Waals surface area (Å²) in [5, 5.41) is 5.98. The molecule has 18 heavy (non-hydrogen) atoms. The first-order valence-electron chi connectivity index (χ1n) is 5.35. The number of aromatic nitrogens is 4. The third-order valence-corrected chi connectivity index (χ3v) is 3.98. The Balaban J connectivity index is 2.25. The van der Waals surface area contributed by atoms with Crippen molar-refractivity contribution in [1.29, 1.82) is 0 Å². The fraction of sp³-hybridized carbons (Fsp3) is 0.333. The van der Waals surface area contributed by atoms with Crippen LogP contribution in [0, 0.1) is 0 Å². The van der Waals surface area contributed by atoms with Gasteiger partial charge in [-0.3, -0.25) is 5.10 Å². The third-order valence-electron chi connectivity index (χ3n) is 2.48. The number of H-pyrrole nitrogens is 2. The highest BCUT2D eigenvalue weighted by Gasteiger charge is 2.24. The van der Waals surface area contributed by atoms with Crippen molar-refractivity contribution in [2.24, 2.45) is 0 Å². The van der Waals surface area contributed by atoms with E-state index in [0.717, 1.165) is 0 Å². The average Bonchev–Trinajstić information content (AvgIpc) is 2.96. The highest BCUT2D eigenvalue weighted by atomic mass is 32.2. The summed E-state index contributed by atoms with van der Waals surface area (Å²) < 4.78 is 26.7. The van der Waals surface area contributed by atoms with Crippen LogP contribution in [0.3, 0.4) is 0 Å². The van der Waals surface area contributed by atoms with E-state index >= 15 is 0 Å². The molecule has 0 fully saturated rings. The van der Waals surface area contributed by atoms with Gasteiger partial charge in [-0.2, -0.15) is 5.10 Å². The second-order valence-corrected chi connectivity index (χ2v) is 5.39. The molecule has 0 aromatic carbocycles. The van der Waals surface area contributed by atoms with Crippen LogP contribution >= 0.6 is 0 Å². The number of nitrogens with one attached hydrogen (secondary N) is 3. The fourth-order valence-electron chi connectivity index (χ4n) is 1.55. The molecular weight excluding hydrogens is 256 g/mol. The molecule has 0 bridgehead atoms. The molecule has 0 aliphatic heterocycles. The van der Waals surface area contributed by atoms with Gasteiger partial charge >= 0.3 is 0 Å². The quantitative estimate of drug-likeness (QED) is 0.614. The molecule has 5 N–H and O–H groups in total. The van der Waals surface area contributed by atoms with E-state index in [1.54, 1.807) is 12.4 Å². The average molecular weight is 270 g/mol. The number of nitrogen functional groups attached to an aromatic ring is 1. The lowest BCUT2D eigenvalue weighted by atomic mass is 10.2. The first kappa shape index (κ1) is 12.6. The van der Waals surface area contributed by atoms with Crippen LogP contribution in [0.15, 0.2) is 23.5 Å². The van der Waals surface area contributed by atoms with Crippen LogP contribution in [0.25, 0.3) is 0 Å². The lowest BCUT2D eigenvalue weighted by Gasteiger charge is -2.14. The molecule has 8 nitrogen and oxygen atoms in total. The lowest BCUT2D eigenvalue weighted by molar-refractivity contribution is 0.539. The van der Waals surface area contributed by atoms with E-state index in [1.807, 2.05) is 6.92 Å². The standard InChI is InChI=1S/C9H14N6O2S/c1-2-6(9-11-3-4-12-9)15-18(16,17)7-5-13-14-8(7)10/h3-6,15H,2H2,1H3,(H,11,12)(H3,10,13,14). The third kappa shape index (κ3) is 2.36. The predicted octanol–water partition coefficient (Wildman–Crippen LogP) is 0.145. The molecule has 9 heteroatoms. The highest BCUT2D eigenvalue weighted by Crippen LogP contribution is 2.19. The van der Waals surface area contributed by atoms with Gasteiger partial charge in [0.15, 0.2) is 0 Å². The summed E-state index contributed by atoms with van der Waals surface area (Å²) in [4.78, 5) is 6.85. The van der Waals surface area contributed by atoms with Crippen LogP contribution in [-0.2, 0) is 10.0 Å². The Hall–Kier alpha value is -1.87. The van der Waals surface area contributed by atoms with E-state index in [4.69, 9.17) is 5.73 Å². The topological polar surface area (TPSA) is 130 Å². The molecule has 0 saturated heterocycles. The van der Waals surface area contributed by atoms with Gasteiger partial charge in [0, 0.05) is 12.4 Å². The summed E-state index contributed by atoms with van der Waals surface area (Å²) in [6, 6.07) is -0.431. The zero-order valence-electron chi connectivity index (χ0n) is 9.71. The summed E-state index contributed by atoms with van der Waals surface area (Å²) in [6.07, 6.45) is 4.94. The number of nitrogens with zero attached hydrogens (tertiary/aromatic N) is 2. The van der Waals surface area contributed by atoms with Crippen molar-refractivity contribution in [3.05, 3.63) is 24.4 Å². The number of hydrogen-bond acceptors (Lipinski definition) is 5. The van der Waals surface area contributed by atoms with Gasteiger partial charge in [-0.1, -0.05) is 6.92 Å². The second-order valence-electron chi connectivity index (χ2n) is 3.70. The van der Waals surface area contributed by atoms with Crippen molar-refractivity contribution in [3.63, 3.8) is 0 Å². The highest BCUT2D eigenvalue weighted by molar-refractivity contribution is 7.89. The summed E-state index contributed by atoms with van der Waals surface area (Å²) in [5.74, 6) is 0.569. The number of nitrogens with two attached hydrogens (primary N) is 1. The van der Waals surface area contributed by atoms with Gasteiger partial charge in [-0.15, -0.1) is 0 Å². The van der Waals surface area contributed by atoms with Gasteiger partial charge < -0.3 is 10.7 Å². The molecule has 0 radical (unpaired) electrons. The molecule has 0 saturated carbocycles. The molecular formula is C9H14N6O2S. The molecule has 2 aromatic heterocycles. The first-order valence-corrected chi connectivity index (χ1v) is 6.83. The molecule has 0 amide bonds.